The fourth-order valence-corrected chi connectivity index (χ4v) is 2.60. The SMILES string of the molecule is CNC(C)c1ccc(N(CCC#N)CCOC)c(Br)c1. The van der Waals surface area contributed by atoms with Crippen LogP contribution < -0.4 is 10.2 Å². The van der Waals surface area contributed by atoms with Gasteiger partial charge >= 0.3 is 0 Å². The van der Waals surface area contributed by atoms with Crippen LogP contribution in [0.4, 0.5) is 5.69 Å². The zero-order chi connectivity index (χ0) is 15.0. The average molecular weight is 340 g/mol. The van der Waals surface area contributed by atoms with Crippen LogP contribution in [0.15, 0.2) is 22.7 Å². The van der Waals surface area contributed by atoms with Crippen molar-refractivity contribution in [2.45, 2.75) is 19.4 Å². The van der Waals surface area contributed by atoms with E-state index in [-0.39, 0.29) is 0 Å². The van der Waals surface area contributed by atoms with Gasteiger partial charge in [-0.15, -0.1) is 0 Å². The van der Waals surface area contributed by atoms with Crippen LogP contribution >= 0.6 is 15.9 Å². The molecule has 1 aromatic carbocycles. The second kappa shape index (κ2) is 8.96. The van der Waals surface area contributed by atoms with E-state index in [1.807, 2.05) is 7.05 Å². The number of methoxy groups -OCH3 is 1. The quantitative estimate of drug-likeness (QED) is 0.790. The molecule has 1 unspecified atom stereocenters. The van der Waals surface area contributed by atoms with Crippen molar-refractivity contribution >= 4 is 21.6 Å². The summed E-state index contributed by atoms with van der Waals surface area (Å²) in [5, 5.41) is 12.0. The molecular weight excluding hydrogens is 318 g/mol. The molecule has 1 rings (SSSR count). The van der Waals surface area contributed by atoms with Gasteiger partial charge in [-0.1, -0.05) is 6.07 Å². The van der Waals surface area contributed by atoms with E-state index >= 15 is 0 Å². The highest BCUT2D eigenvalue weighted by Gasteiger charge is 2.12. The molecule has 0 saturated carbocycles. The molecule has 0 spiro atoms. The molecule has 0 heterocycles. The highest BCUT2D eigenvalue weighted by molar-refractivity contribution is 9.10. The van der Waals surface area contributed by atoms with E-state index in [0.29, 0.717) is 25.6 Å². The first-order valence-electron chi connectivity index (χ1n) is 6.71. The fourth-order valence-electron chi connectivity index (χ4n) is 1.95. The zero-order valence-corrected chi connectivity index (χ0v) is 13.9. The van der Waals surface area contributed by atoms with Gasteiger partial charge in [0.1, 0.15) is 0 Å². The largest absolute Gasteiger partial charge is 0.383 e. The fraction of sp³-hybridized carbons (Fsp3) is 0.533. The molecule has 1 N–H and O–H groups in total. The number of benzene rings is 1. The van der Waals surface area contributed by atoms with Crippen LogP contribution in [0, 0.1) is 11.3 Å². The van der Waals surface area contributed by atoms with Gasteiger partial charge in [0, 0.05) is 30.7 Å². The van der Waals surface area contributed by atoms with Gasteiger partial charge in [0.2, 0.25) is 0 Å². The van der Waals surface area contributed by atoms with E-state index in [1.165, 1.54) is 5.56 Å². The Bertz CT molecular complexity index is 459. The molecule has 110 valence electrons. The lowest BCUT2D eigenvalue weighted by molar-refractivity contribution is 0.205. The summed E-state index contributed by atoms with van der Waals surface area (Å²) >= 11 is 3.64. The minimum absolute atomic E-state index is 0.312. The first-order valence-corrected chi connectivity index (χ1v) is 7.50. The molecule has 4 nitrogen and oxygen atoms in total. The summed E-state index contributed by atoms with van der Waals surface area (Å²) in [6.07, 6.45) is 0.505. The van der Waals surface area contributed by atoms with Crippen molar-refractivity contribution in [2.75, 3.05) is 38.8 Å². The zero-order valence-electron chi connectivity index (χ0n) is 12.3. The van der Waals surface area contributed by atoms with Crippen LogP contribution in [0.3, 0.4) is 0 Å². The minimum atomic E-state index is 0.312. The number of ether oxygens (including phenoxy) is 1. The van der Waals surface area contributed by atoms with Gasteiger partial charge in [-0.25, -0.2) is 0 Å². The first-order chi connectivity index (χ1) is 9.63. The summed E-state index contributed by atoms with van der Waals surface area (Å²) in [5.41, 5.74) is 2.33. The summed E-state index contributed by atoms with van der Waals surface area (Å²) in [4.78, 5) is 2.17. The molecule has 1 atom stereocenters. The Labute approximate surface area is 129 Å². The van der Waals surface area contributed by atoms with E-state index in [9.17, 15) is 0 Å². The molecule has 5 heteroatoms. The van der Waals surface area contributed by atoms with Crippen LogP contribution in [-0.2, 0) is 4.74 Å². The van der Waals surface area contributed by atoms with Crippen LogP contribution in [0.25, 0.3) is 0 Å². The molecule has 1 aromatic rings. The summed E-state index contributed by atoms with van der Waals surface area (Å²) in [5.74, 6) is 0. The molecule has 0 aliphatic rings. The van der Waals surface area contributed by atoms with Gasteiger partial charge in [0.05, 0.1) is 24.8 Å². The number of nitrogens with zero attached hydrogens (tertiary/aromatic N) is 2. The summed E-state index contributed by atoms with van der Waals surface area (Å²) in [6, 6.07) is 8.85. The number of rotatable bonds is 8. The Morgan fingerprint density at radius 3 is 2.75 bits per heavy atom. The van der Waals surface area contributed by atoms with Crippen LogP contribution in [-0.4, -0.2) is 33.9 Å². The lowest BCUT2D eigenvalue weighted by atomic mass is 10.1. The van der Waals surface area contributed by atoms with Crippen molar-refractivity contribution in [1.82, 2.24) is 5.32 Å². The van der Waals surface area contributed by atoms with Gasteiger partial charge in [-0.2, -0.15) is 5.26 Å². The molecule has 0 amide bonds. The number of hydrogen-bond donors (Lipinski definition) is 1. The predicted molar refractivity (Wildman–Crippen MR) is 85.9 cm³/mol. The third kappa shape index (κ3) is 4.78. The summed E-state index contributed by atoms with van der Waals surface area (Å²) in [6.45, 7) is 4.25. The van der Waals surface area contributed by atoms with Crippen LogP contribution in [0.1, 0.15) is 24.9 Å². The van der Waals surface area contributed by atoms with E-state index in [1.54, 1.807) is 7.11 Å². The number of nitrogens with one attached hydrogen (secondary N) is 1. The molecule has 0 aliphatic heterocycles. The highest BCUT2D eigenvalue weighted by Crippen LogP contribution is 2.29. The van der Waals surface area contributed by atoms with Crippen molar-refractivity contribution in [1.29, 1.82) is 5.26 Å². The van der Waals surface area contributed by atoms with Crippen molar-refractivity contribution in [2.24, 2.45) is 0 Å². The first kappa shape index (κ1) is 17.0. The Hall–Kier alpha value is -1.09. The maximum absolute atomic E-state index is 8.78. The van der Waals surface area contributed by atoms with E-state index in [0.717, 1.165) is 16.7 Å². The van der Waals surface area contributed by atoms with Crippen LogP contribution in [0.5, 0.6) is 0 Å². The predicted octanol–water partition coefficient (Wildman–Crippen LogP) is 3.10. The summed E-state index contributed by atoms with van der Waals surface area (Å²) < 4.78 is 6.19. The Balaban J connectivity index is 2.92. The average Bonchev–Trinajstić information content (AvgIpc) is 2.47. The van der Waals surface area contributed by atoms with Crippen molar-refractivity contribution < 1.29 is 4.74 Å². The lowest BCUT2D eigenvalue weighted by Crippen LogP contribution is -2.28. The van der Waals surface area contributed by atoms with Gasteiger partial charge in [-0.3, -0.25) is 0 Å². The second-order valence-electron chi connectivity index (χ2n) is 4.61. The molecule has 0 bridgehead atoms. The third-order valence-corrected chi connectivity index (χ3v) is 3.94. The second-order valence-corrected chi connectivity index (χ2v) is 5.46. The number of anilines is 1. The number of hydrogen-bond acceptors (Lipinski definition) is 4. The van der Waals surface area contributed by atoms with E-state index in [4.69, 9.17) is 10.00 Å². The van der Waals surface area contributed by atoms with Crippen molar-refractivity contribution in [3.05, 3.63) is 28.2 Å². The Morgan fingerprint density at radius 1 is 1.45 bits per heavy atom. The third-order valence-electron chi connectivity index (χ3n) is 3.30. The highest BCUT2D eigenvalue weighted by atomic mass is 79.9. The Morgan fingerprint density at radius 2 is 2.20 bits per heavy atom. The van der Waals surface area contributed by atoms with Gasteiger partial charge in [-0.05, 0) is 47.6 Å². The topological polar surface area (TPSA) is 48.3 Å². The normalized spacial score (nSPS) is 11.9. The standard InChI is InChI=1S/C15H22BrN3O/c1-12(18-2)13-5-6-15(14(16)11-13)19(8-4-7-17)9-10-20-3/h5-6,11-12,18H,4,8-10H2,1-3H3. The smallest absolute Gasteiger partial charge is 0.0640 e. The van der Waals surface area contributed by atoms with Gasteiger partial charge in [0.15, 0.2) is 0 Å². The molecule has 20 heavy (non-hydrogen) atoms. The molecule has 0 radical (unpaired) electrons. The number of nitriles is 1. The van der Waals surface area contributed by atoms with Gasteiger partial charge in [0.25, 0.3) is 0 Å². The summed E-state index contributed by atoms with van der Waals surface area (Å²) in [7, 11) is 3.64. The van der Waals surface area contributed by atoms with Crippen molar-refractivity contribution in [3.8, 4) is 6.07 Å². The van der Waals surface area contributed by atoms with Crippen molar-refractivity contribution in [3.63, 3.8) is 0 Å². The minimum Gasteiger partial charge on any atom is -0.383 e. The monoisotopic (exact) mass is 339 g/mol. The molecule has 0 fully saturated rings. The molecule has 0 saturated heterocycles. The maximum atomic E-state index is 8.78. The number of halogens is 1. The maximum Gasteiger partial charge on any atom is 0.0640 e. The molecule has 0 aliphatic carbocycles. The molecule has 0 aromatic heterocycles. The van der Waals surface area contributed by atoms with Gasteiger partial charge < -0.3 is 15.0 Å². The van der Waals surface area contributed by atoms with E-state index in [2.05, 4.69) is 57.3 Å². The lowest BCUT2D eigenvalue weighted by Gasteiger charge is -2.25. The molecular formula is C15H22BrN3O. The van der Waals surface area contributed by atoms with Crippen LogP contribution in [0.2, 0.25) is 0 Å². The van der Waals surface area contributed by atoms with E-state index < -0.39 is 0 Å². The Kier molecular flexibility index (Phi) is 7.60.